The number of fused-ring (bicyclic) bond motifs is 3. The Balaban J connectivity index is 1.13. The van der Waals surface area contributed by atoms with Crippen molar-refractivity contribution in [2.75, 3.05) is 13.2 Å². The molecule has 0 saturated heterocycles. The van der Waals surface area contributed by atoms with Gasteiger partial charge in [-0.2, -0.15) is 0 Å². The number of H-pyrrole nitrogens is 1. The Morgan fingerprint density at radius 1 is 1.10 bits per heavy atom. The molecule has 0 saturated carbocycles. The Labute approximate surface area is 234 Å². The summed E-state index contributed by atoms with van der Waals surface area (Å²) in [5.41, 5.74) is 8.77. The number of ether oxygens (including phenoxy) is 2. The zero-order valence-electron chi connectivity index (χ0n) is 22.1. The highest BCUT2D eigenvalue weighted by Gasteiger charge is 2.15. The summed E-state index contributed by atoms with van der Waals surface area (Å²) in [5, 5.41) is 6.65. The number of benzene rings is 3. The van der Waals surface area contributed by atoms with Gasteiger partial charge in [0, 0.05) is 41.1 Å². The fraction of sp³-hybridized carbons (Fsp3) is 0.194. The van der Waals surface area contributed by atoms with Crippen LogP contribution in [0.3, 0.4) is 0 Å². The van der Waals surface area contributed by atoms with Crippen molar-refractivity contribution in [3.05, 3.63) is 90.1 Å². The molecule has 2 heterocycles. The lowest BCUT2D eigenvalue weighted by atomic mass is 10.1. The molecule has 8 nitrogen and oxygen atoms in total. The normalized spacial score (nSPS) is 12.8. The number of carbonyl (C=O) groups excluding carboxylic acids is 2. The quantitative estimate of drug-likeness (QED) is 0.154. The number of aromatic amines is 1. The van der Waals surface area contributed by atoms with E-state index in [0.29, 0.717) is 23.7 Å². The predicted molar refractivity (Wildman–Crippen MR) is 161 cm³/mol. The van der Waals surface area contributed by atoms with Gasteiger partial charge in [-0.15, -0.1) is 9.24 Å². The molecule has 5 rings (SSSR count). The van der Waals surface area contributed by atoms with E-state index in [2.05, 4.69) is 37.5 Å². The minimum atomic E-state index is -0.532. The maximum atomic E-state index is 11.8. The molecular weight excluding hydrogens is 523 g/mol. The summed E-state index contributed by atoms with van der Waals surface area (Å²) < 4.78 is 11.9. The van der Waals surface area contributed by atoms with Gasteiger partial charge in [-0.05, 0) is 60.6 Å². The second-order valence-electron chi connectivity index (χ2n) is 9.79. The van der Waals surface area contributed by atoms with Crippen molar-refractivity contribution in [3.8, 4) is 17.4 Å². The van der Waals surface area contributed by atoms with Crippen LogP contribution in [0, 0.1) is 5.92 Å². The maximum absolute atomic E-state index is 11.8. The minimum absolute atomic E-state index is 0.147. The molecule has 0 aliphatic heterocycles. The summed E-state index contributed by atoms with van der Waals surface area (Å²) in [6.45, 7) is 2.89. The summed E-state index contributed by atoms with van der Waals surface area (Å²) in [6.07, 6.45) is 3.12. The van der Waals surface area contributed by atoms with Gasteiger partial charge in [0.05, 0.1) is 23.6 Å². The van der Waals surface area contributed by atoms with Crippen LogP contribution in [-0.4, -0.2) is 41.4 Å². The first-order valence-corrected chi connectivity index (χ1v) is 13.6. The van der Waals surface area contributed by atoms with Crippen LogP contribution in [0.1, 0.15) is 22.8 Å². The summed E-state index contributed by atoms with van der Waals surface area (Å²) in [4.78, 5) is 30.6. The number of nitrogens with two attached hydrogens (primary N) is 1. The van der Waals surface area contributed by atoms with Crippen LogP contribution < -0.4 is 25.8 Å². The minimum Gasteiger partial charge on any atom is -0.492 e. The largest absolute Gasteiger partial charge is 0.492 e. The van der Waals surface area contributed by atoms with E-state index < -0.39 is 5.91 Å². The van der Waals surface area contributed by atoms with Gasteiger partial charge in [-0.25, -0.2) is 4.98 Å². The SMILES string of the molecule is CC(Cc1ccc(Oc2ccc(C(N)=O)cn2)cc1)NCC(C=O)COc1ccc(P)c2[nH]c3ccccc3c12. The van der Waals surface area contributed by atoms with Crippen molar-refractivity contribution in [3.63, 3.8) is 0 Å². The van der Waals surface area contributed by atoms with Gasteiger partial charge < -0.3 is 30.3 Å². The number of primary amides is 1. The average molecular weight is 555 g/mol. The predicted octanol–water partition coefficient (Wildman–Crippen LogP) is 4.52. The van der Waals surface area contributed by atoms with Gasteiger partial charge in [0.2, 0.25) is 11.8 Å². The number of hydrogen-bond acceptors (Lipinski definition) is 6. The molecule has 0 aliphatic rings. The molecular formula is C31H31N4O4P. The van der Waals surface area contributed by atoms with Crippen molar-refractivity contribution in [2.24, 2.45) is 11.7 Å². The fourth-order valence-corrected chi connectivity index (χ4v) is 4.90. The average Bonchev–Trinajstić information content (AvgIpc) is 3.36. The number of rotatable bonds is 12. The van der Waals surface area contributed by atoms with Gasteiger partial charge >= 0.3 is 0 Å². The van der Waals surface area contributed by atoms with Gasteiger partial charge in [0.15, 0.2) is 0 Å². The van der Waals surface area contributed by atoms with Gasteiger partial charge in [0.1, 0.15) is 17.8 Å². The Morgan fingerprint density at radius 2 is 1.90 bits per heavy atom. The van der Waals surface area contributed by atoms with Crippen molar-refractivity contribution in [2.45, 2.75) is 19.4 Å². The van der Waals surface area contributed by atoms with Crippen molar-refractivity contribution < 1.29 is 19.1 Å². The van der Waals surface area contributed by atoms with Crippen LogP contribution in [0.2, 0.25) is 0 Å². The highest BCUT2D eigenvalue weighted by molar-refractivity contribution is 7.28. The number of para-hydroxylation sites is 1. The number of amides is 1. The summed E-state index contributed by atoms with van der Waals surface area (Å²) >= 11 is 0. The third-order valence-corrected chi connectivity index (χ3v) is 7.22. The summed E-state index contributed by atoms with van der Waals surface area (Å²) in [6, 6.07) is 23.2. The number of hydrogen-bond donors (Lipinski definition) is 3. The molecule has 0 radical (unpaired) electrons. The molecule has 1 amide bonds. The standard InChI is InChI=1S/C31H31N4O4P/c1-19(14-20-6-9-23(10-7-20)39-28-13-8-22(16-34-28)31(32)37)33-15-21(17-36)18-38-26-11-12-27(40)30-29(26)24-4-2-3-5-25(24)35-30/h2-13,16-17,19,21,33,35H,14-15,18,40H2,1H3,(H2,32,37). The van der Waals surface area contributed by atoms with Crippen LogP contribution in [0.4, 0.5) is 0 Å². The molecule has 4 N–H and O–H groups in total. The molecule has 3 atom stereocenters. The Kier molecular flexibility index (Phi) is 8.39. The van der Waals surface area contributed by atoms with Gasteiger partial charge in [0.25, 0.3) is 0 Å². The molecule has 3 unspecified atom stereocenters. The lowest BCUT2D eigenvalue weighted by molar-refractivity contribution is -0.111. The molecule has 0 aliphatic carbocycles. The lowest BCUT2D eigenvalue weighted by Gasteiger charge is -2.18. The van der Waals surface area contributed by atoms with Gasteiger partial charge in [-0.3, -0.25) is 4.79 Å². The number of carbonyl (C=O) groups is 2. The zero-order valence-corrected chi connectivity index (χ0v) is 23.2. The number of pyridine rings is 1. The van der Waals surface area contributed by atoms with E-state index in [1.807, 2.05) is 54.6 Å². The monoisotopic (exact) mass is 554 g/mol. The first-order valence-electron chi connectivity index (χ1n) is 13.0. The molecule has 0 fully saturated rings. The zero-order chi connectivity index (χ0) is 28.1. The van der Waals surface area contributed by atoms with E-state index in [9.17, 15) is 9.59 Å². The van der Waals surface area contributed by atoms with E-state index in [1.54, 1.807) is 12.1 Å². The second kappa shape index (κ2) is 12.3. The van der Waals surface area contributed by atoms with Crippen molar-refractivity contribution >= 4 is 48.5 Å². The number of aldehydes is 1. The Hall–Kier alpha value is -4.26. The second-order valence-corrected chi connectivity index (χ2v) is 10.4. The number of aromatic nitrogens is 2. The number of nitrogens with zero attached hydrogens (tertiary/aromatic N) is 1. The van der Waals surface area contributed by atoms with E-state index in [0.717, 1.165) is 51.1 Å². The molecule has 204 valence electrons. The summed E-state index contributed by atoms with van der Waals surface area (Å²) in [7, 11) is 2.76. The van der Waals surface area contributed by atoms with E-state index in [4.69, 9.17) is 15.2 Å². The molecule has 9 heteroatoms. The molecule has 0 spiro atoms. The third-order valence-electron chi connectivity index (χ3n) is 6.74. The van der Waals surface area contributed by atoms with Crippen LogP contribution in [0.15, 0.2) is 79.0 Å². The highest BCUT2D eigenvalue weighted by atomic mass is 31.0. The Bertz CT molecular complexity index is 1630. The van der Waals surface area contributed by atoms with E-state index >= 15 is 0 Å². The topological polar surface area (TPSA) is 119 Å². The fourth-order valence-electron chi connectivity index (χ4n) is 4.59. The smallest absolute Gasteiger partial charge is 0.250 e. The summed E-state index contributed by atoms with van der Waals surface area (Å²) in [5.74, 6) is 0.962. The van der Waals surface area contributed by atoms with E-state index in [-0.39, 0.29) is 18.6 Å². The highest BCUT2D eigenvalue weighted by Crippen LogP contribution is 2.33. The van der Waals surface area contributed by atoms with Crippen LogP contribution >= 0.6 is 9.24 Å². The molecule has 0 bridgehead atoms. The van der Waals surface area contributed by atoms with Crippen molar-refractivity contribution in [1.82, 2.24) is 15.3 Å². The maximum Gasteiger partial charge on any atom is 0.250 e. The van der Waals surface area contributed by atoms with E-state index in [1.165, 1.54) is 6.20 Å². The molecule has 5 aromatic rings. The molecule has 40 heavy (non-hydrogen) atoms. The van der Waals surface area contributed by atoms with Crippen LogP contribution in [0.5, 0.6) is 17.4 Å². The number of nitrogens with one attached hydrogen (secondary N) is 2. The molecule has 3 aromatic carbocycles. The first kappa shape index (κ1) is 27.3. The van der Waals surface area contributed by atoms with Crippen LogP contribution in [0.25, 0.3) is 21.8 Å². The lowest BCUT2D eigenvalue weighted by Crippen LogP contribution is -2.35. The van der Waals surface area contributed by atoms with Gasteiger partial charge in [-0.1, -0.05) is 30.3 Å². The first-order chi connectivity index (χ1) is 19.4. The van der Waals surface area contributed by atoms with Crippen LogP contribution in [-0.2, 0) is 11.2 Å². The Morgan fingerprint density at radius 3 is 2.62 bits per heavy atom. The molecule has 2 aromatic heterocycles. The van der Waals surface area contributed by atoms with Crippen molar-refractivity contribution in [1.29, 1.82) is 0 Å². The third kappa shape index (κ3) is 6.30.